The number of carbonyl (C=O) groups is 4. The molecule has 4 amide bonds. The molecule has 2 aliphatic heterocycles. The number of nitro benzene ring substituents is 2. The van der Waals surface area contributed by atoms with Crippen molar-refractivity contribution in [3.8, 4) is 0 Å². The lowest BCUT2D eigenvalue weighted by Crippen LogP contribution is -2.62. The molecule has 0 saturated carbocycles. The van der Waals surface area contributed by atoms with E-state index >= 15 is 0 Å². The minimum atomic E-state index is -5.02. The van der Waals surface area contributed by atoms with Gasteiger partial charge < -0.3 is 10.6 Å². The largest absolute Gasteiger partial charge is 0.313 e. The van der Waals surface area contributed by atoms with Crippen LogP contribution >= 0.6 is 0 Å². The highest BCUT2D eigenvalue weighted by atomic mass is 32.2. The third-order valence-corrected chi connectivity index (χ3v) is 10.8. The van der Waals surface area contributed by atoms with Gasteiger partial charge >= 0.3 is 0 Å². The molecule has 6 rings (SSSR count). The first-order valence-electron chi connectivity index (χ1n) is 15.8. The van der Waals surface area contributed by atoms with Gasteiger partial charge in [-0.2, -0.15) is 16.8 Å². The molecule has 0 spiro atoms. The van der Waals surface area contributed by atoms with Gasteiger partial charge in [0.25, 0.3) is 55.2 Å². The molecule has 0 atom stereocenters. The quantitative estimate of drug-likeness (QED) is 0.0435. The van der Waals surface area contributed by atoms with E-state index in [0.717, 1.165) is 17.0 Å². The van der Waals surface area contributed by atoms with Gasteiger partial charge in [-0.1, -0.05) is 24.3 Å². The average molecular weight is 785 g/mol. The maximum absolute atomic E-state index is 13.5. The molecular formula is C32H28N6O14S2. The van der Waals surface area contributed by atoms with Gasteiger partial charge in [-0.3, -0.25) is 58.3 Å². The summed E-state index contributed by atoms with van der Waals surface area (Å²) in [5.41, 5.74) is -3.22. The second-order valence-corrected chi connectivity index (χ2v) is 15.6. The van der Waals surface area contributed by atoms with Gasteiger partial charge in [-0.15, -0.1) is 0 Å². The highest BCUT2D eigenvalue weighted by Crippen LogP contribution is 2.35. The van der Waals surface area contributed by atoms with Crippen LogP contribution in [-0.4, -0.2) is 119 Å². The molecule has 0 radical (unpaired) electrons. The topological polar surface area (TPSA) is 294 Å². The van der Waals surface area contributed by atoms with Crippen LogP contribution in [0.4, 0.5) is 11.4 Å². The maximum atomic E-state index is 13.5. The fourth-order valence-electron chi connectivity index (χ4n) is 6.86. The second kappa shape index (κ2) is 13.9. The van der Waals surface area contributed by atoms with E-state index in [4.69, 9.17) is 0 Å². The number of nitrogens with zero attached hydrogens (tertiary/aromatic N) is 4. The van der Waals surface area contributed by atoms with Crippen molar-refractivity contribution in [3.05, 3.63) is 103 Å². The van der Waals surface area contributed by atoms with Crippen LogP contribution in [0, 0.1) is 20.2 Å². The van der Waals surface area contributed by atoms with E-state index < -0.39 is 108 Å². The van der Waals surface area contributed by atoms with Crippen molar-refractivity contribution in [2.45, 2.75) is 5.54 Å². The number of imide groups is 2. The van der Waals surface area contributed by atoms with Crippen LogP contribution in [0.3, 0.4) is 0 Å². The predicted molar refractivity (Wildman–Crippen MR) is 188 cm³/mol. The third kappa shape index (κ3) is 7.37. The van der Waals surface area contributed by atoms with E-state index in [1.807, 2.05) is 0 Å². The molecule has 0 aromatic heterocycles. The number of nitro groups is 2. The van der Waals surface area contributed by atoms with Crippen LogP contribution in [0.5, 0.6) is 0 Å². The summed E-state index contributed by atoms with van der Waals surface area (Å²) in [6.45, 7) is -2.45. The standard InChI is InChI=1S/C32H28N6O14S2/c39-28-22-5-1-3-18-11-20(37(43)44)13-24(26(18)22)30(41)35(28)9-7-33-15-32(16-53(47,48)49,17-54(50,51)52)34-8-10-36-29(40)23-6-2-4-19-12-21(38(45)46)14-25(27(19)23)31(36)42/h1-6,11-14,33-34H,7-10,15-17H2,(H,47,48,49)(H,50,51,52). The Morgan fingerprint density at radius 3 is 1.44 bits per heavy atom. The number of hydrogen-bond donors (Lipinski definition) is 4. The number of carbonyl (C=O) groups excluding carboxylic acids is 4. The van der Waals surface area contributed by atoms with Crippen LogP contribution in [0.25, 0.3) is 21.5 Å². The Morgan fingerprint density at radius 2 is 1.04 bits per heavy atom. The van der Waals surface area contributed by atoms with Gasteiger partial charge in [0, 0.05) is 78.9 Å². The normalized spacial score (nSPS) is 14.7. The molecule has 0 bridgehead atoms. The van der Waals surface area contributed by atoms with Crippen molar-refractivity contribution in [1.82, 2.24) is 20.4 Å². The summed E-state index contributed by atoms with van der Waals surface area (Å²) in [7, 11) is -10.0. The van der Waals surface area contributed by atoms with E-state index in [-0.39, 0.29) is 50.3 Å². The molecule has 2 heterocycles. The summed E-state index contributed by atoms with van der Waals surface area (Å²) in [5, 5.41) is 29.3. The smallest absolute Gasteiger partial charge is 0.270 e. The summed E-state index contributed by atoms with van der Waals surface area (Å²) in [5.74, 6) is -6.00. The summed E-state index contributed by atoms with van der Waals surface area (Å²) >= 11 is 0. The van der Waals surface area contributed by atoms with Crippen molar-refractivity contribution >= 4 is 76.8 Å². The average Bonchev–Trinajstić information content (AvgIpc) is 3.08. The van der Waals surface area contributed by atoms with Crippen LogP contribution in [-0.2, 0) is 20.2 Å². The zero-order chi connectivity index (χ0) is 39.3. The summed E-state index contributed by atoms with van der Waals surface area (Å²) in [4.78, 5) is 76.8. The third-order valence-electron chi connectivity index (χ3n) is 8.98. The Kier molecular flexibility index (Phi) is 9.76. The lowest BCUT2D eigenvalue weighted by atomic mass is 9.93. The number of rotatable bonds is 15. The SMILES string of the molecule is O=C1c2cccc3cc([N+](=O)[O-])cc(c23)C(=O)N1CCNCC(CS(=O)(=O)O)(CS(=O)(=O)O)NCCN1C(=O)c2cccc3cc([N+](=O)[O-])cc(c23)C1=O. The predicted octanol–water partition coefficient (Wildman–Crippen LogP) is 1.40. The number of nitrogens with one attached hydrogen (secondary N) is 2. The van der Waals surface area contributed by atoms with Gasteiger partial charge in [0.2, 0.25) is 0 Å². The number of non-ortho nitro benzene ring substituents is 2. The molecule has 0 unspecified atom stereocenters. The minimum absolute atomic E-state index is 0.0380. The van der Waals surface area contributed by atoms with Crippen molar-refractivity contribution in [2.24, 2.45) is 0 Å². The minimum Gasteiger partial charge on any atom is -0.313 e. The van der Waals surface area contributed by atoms with Crippen LogP contribution in [0.15, 0.2) is 60.7 Å². The molecule has 54 heavy (non-hydrogen) atoms. The Balaban J connectivity index is 1.21. The lowest BCUT2D eigenvalue weighted by Gasteiger charge is -2.35. The van der Waals surface area contributed by atoms with Gasteiger partial charge in [-0.05, 0) is 22.9 Å². The molecule has 2 aliphatic rings. The van der Waals surface area contributed by atoms with E-state index in [0.29, 0.717) is 4.90 Å². The molecule has 282 valence electrons. The Hall–Kier alpha value is -5.78. The highest BCUT2D eigenvalue weighted by molar-refractivity contribution is 7.86. The highest BCUT2D eigenvalue weighted by Gasteiger charge is 2.41. The Bertz CT molecular complexity index is 2530. The first-order valence-corrected chi connectivity index (χ1v) is 19.0. The van der Waals surface area contributed by atoms with Gasteiger partial charge in [-0.25, -0.2) is 0 Å². The molecular weight excluding hydrogens is 757 g/mol. The van der Waals surface area contributed by atoms with E-state index in [2.05, 4.69) is 10.6 Å². The molecule has 4 aromatic carbocycles. The van der Waals surface area contributed by atoms with E-state index in [1.165, 1.54) is 48.5 Å². The molecule has 4 aromatic rings. The fraction of sp³-hybridized carbons (Fsp3) is 0.250. The van der Waals surface area contributed by atoms with Crippen molar-refractivity contribution in [3.63, 3.8) is 0 Å². The Labute approximate surface area is 304 Å². The van der Waals surface area contributed by atoms with Crippen molar-refractivity contribution in [1.29, 1.82) is 0 Å². The zero-order valence-electron chi connectivity index (χ0n) is 27.6. The number of amides is 4. The summed E-state index contributed by atoms with van der Waals surface area (Å²) < 4.78 is 68.3. The van der Waals surface area contributed by atoms with Gasteiger partial charge in [0.1, 0.15) is 0 Å². The molecule has 0 aliphatic carbocycles. The van der Waals surface area contributed by atoms with E-state index in [9.17, 15) is 65.3 Å². The monoisotopic (exact) mass is 784 g/mol. The molecule has 22 heteroatoms. The summed E-state index contributed by atoms with van der Waals surface area (Å²) in [6, 6.07) is 13.2. The molecule has 0 fully saturated rings. The second-order valence-electron chi connectivity index (χ2n) is 12.7. The summed E-state index contributed by atoms with van der Waals surface area (Å²) in [6.07, 6.45) is 0. The zero-order valence-corrected chi connectivity index (χ0v) is 29.3. The van der Waals surface area contributed by atoms with E-state index in [1.54, 1.807) is 0 Å². The van der Waals surface area contributed by atoms with Gasteiger partial charge in [0.05, 0.1) is 38.0 Å². The fourth-order valence-corrected chi connectivity index (χ4v) is 9.00. The van der Waals surface area contributed by atoms with Gasteiger partial charge in [0.15, 0.2) is 0 Å². The van der Waals surface area contributed by atoms with Crippen LogP contribution in [0.2, 0.25) is 0 Å². The molecule has 4 N–H and O–H groups in total. The first kappa shape index (κ1) is 38.0. The number of hydrogen-bond acceptors (Lipinski definition) is 14. The first-order chi connectivity index (χ1) is 25.3. The number of benzene rings is 4. The molecule has 20 nitrogen and oxygen atoms in total. The maximum Gasteiger partial charge on any atom is 0.270 e. The van der Waals surface area contributed by atoms with Crippen molar-refractivity contribution in [2.75, 3.05) is 44.2 Å². The van der Waals surface area contributed by atoms with Crippen molar-refractivity contribution < 1.29 is 55.0 Å². The van der Waals surface area contributed by atoms with Crippen LogP contribution in [0.1, 0.15) is 41.4 Å². The van der Waals surface area contributed by atoms with Crippen LogP contribution < -0.4 is 10.6 Å². The Morgan fingerprint density at radius 1 is 0.630 bits per heavy atom. The lowest BCUT2D eigenvalue weighted by molar-refractivity contribution is -0.384. The molecule has 0 saturated heterocycles.